The molecule has 1 aliphatic rings. The quantitative estimate of drug-likeness (QED) is 0.664. The van der Waals surface area contributed by atoms with Crippen LogP contribution >= 0.6 is 11.8 Å². The number of ether oxygens (including phenoxy) is 1. The Hall–Kier alpha value is -1.29. The minimum absolute atomic E-state index is 0.261. The number of rotatable bonds is 1. The van der Waals surface area contributed by atoms with Crippen LogP contribution in [-0.2, 0) is 5.75 Å². The first-order valence-electron chi connectivity index (χ1n) is 4.18. The predicted molar refractivity (Wildman–Crippen MR) is 56.4 cm³/mol. The first-order chi connectivity index (χ1) is 6.72. The SMILES string of the molecule is C=Cc1cnc(C)c2c1CSC(=O)O2. The van der Waals surface area contributed by atoms with Crippen molar-refractivity contribution in [3.05, 3.63) is 29.6 Å². The van der Waals surface area contributed by atoms with E-state index in [1.54, 1.807) is 12.3 Å². The van der Waals surface area contributed by atoms with Crippen LogP contribution in [0.3, 0.4) is 0 Å². The number of fused-ring (bicyclic) bond motifs is 1. The molecule has 0 atom stereocenters. The topological polar surface area (TPSA) is 39.2 Å². The highest BCUT2D eigenvalue weighted by Crippen LogP contribution is 2.35. The van der Waals surface area contributed by atoms with Gasteiger partial charge in [0.1, 0.15) is 0 Å². The summed E-state index contributed by atoms with van der Waals surface area (Å²) in [7, 11) is 0. The molecule has 0 aliphatic carbocycles. The molecule has 72 valence electrons. The van der Waals surface area contributed by atoms with Gasteiger partial charge in [0.2, 0.25) is 0 Å². The van der Waals surface area contributed by atoms with Crippen molar-refractivity contribution in [2.24, 2.45) is 0 Å². The summed E-state index contributed by atoms with van der Waals surface area (Å²) in [4.78, 5) is 15.2. The molecule has 2 heterocycles. The van der Waals surface area contributed by atoms with E-state index < -0.39 is 0 Å². The fourth-order valence-electron chi connectivity index (χ4n) is 1.36. The Morgan fingerprint density at radius 2 is 2.50 bits per heavy atom. The number of aromatic nitrogens is 1. The molecule has 0 amide bonds. The van der Waals surface area contributed by atoms with E-state index in [1.807, 2.05) is 6.92 Å². The molecule has 3 nitrogen and oxygen atoms in total. The zero-order valence-corrected chi connectivity index (χ0v) is 8.56. The summed E-state index contributed by atoms with van der Waals surface area (Å²) in [6, 6.07) is 0. The van der Waals surface area contributed by atoms with Crippen molar-refractivity contribution >= 4 is 23.1 Å². The summed E-state index contributed by atoms with van der Waals surface area (Å²) < 4.78 is 5.12. The number of hydrogen-bond donors (Lipinski definition) is 0. The van der Waals surface area contributed by atoms with Crippen LogP contribution in [0, 0.1) is 6.92 Å². The standard InChI is InChI=1S/C10H9NO2S/c1-3-7-4-11-6(2)9-8(7)5-14-10(12)13-9/h3-4H,1,5H2,2H3. The maximum Gasteiger partial charge on any atom is 0.373 e. The minimum atomic E-state index is -0.261. The Morgan fingerprint density at radius 1 is 1.71 bits per heavy atom. The van der Waals surface area contributed by atoms with Gasteiger partial charge in [-0.05, 0) is 24.2 Å². The van der Waals surface area contributed by atoms with Gasteiger partial charge in [0.15, 0.2) is 5.75 Å². The maximum absolute atomic E-state index is 11.1. The Balaban J connectivity index is 2.59. The molecule has 0 radical (unpaired) electrons. The summed E-state index contributed by atoms with van der Waals surface area (Å²) in [6.07, 6.45) is 3.48. The normalized spacial score (nSPS) is 14.5. The van der Waals surface area contributed by atoms with Crippen LogP contribution < -0.4 is 4.74 Å². The van der Waals surface area contributed by atoms with Crippen LogP contribution in [0.25, 0.3) is 6.08 Å². The van der Waals surface area contributed by atoms with Gasteiger partial charge >= 0.3 is 5.30 Å². The number of carbonyl (C=O) groups is 1. The van der Waals surface area contributed by atoms with Gasteiger partial charge in [-0.1, -0.05) is 12.7 Å². The minimum Gasteiger partial charge on any atom is -0.416 e. The number of pyridine rings is 1. The molecule has 0 N–H and O–H groups in total. The van der Waals surface area contributed by atoms with E-state index in [9.17, 15) is 4.79 Å². The van der Waals surface area contributed by atoms with Crippen molar-refractivity contribution in [2.75, 3.05) is 0 Å². The number of hydrogen-bond acceptors (Lipinski definition) is 4. The lowest BCUT2D eigenvalue weighted by atomic mass is 10.1. The third kappa shape index (κ3) is 1.42. The van der Waals surface area contributed by atoms with E-state index in [0.29, 0.717) is 11.5 Å². The maximum atomic E-state index is 11.1. The van der Waals surface area contributed by atoms with Gasteiger partial charge in [0, 0.05) is 17.5 Å². The molecule has 0 saturated heterocycles. The van der Waals surface area contributed by atoms with Crippen LogP contribution in [0.2, 0.25) is 0 Å². The number of aryl methyl sites for hydroxylation is 1. The van der Waals surface area contributed by atoms with Crippen LogP contribution in [0.4, 0.5) is 4.79 Å². The lowest BCUT2D eigenvalue weighted by Crippen LogP contribution is -2.12. The molecule has 0 aromatic carbocycles. The summed E-state index contributed by atoms with van der Waals surface area (Å²) in [5.41, 5.74) is 2.70. The van der Waals surface area contributed by atoms with E-state index in [4.69, 9.17) is 4.74 Å². The van der Waals surface area contributed by atoms with E-state index in [-0.39, 0.29) is 5.30 Å². The molecular formula is C10H9NO2S. The van der Waals surface area contributed by atoms with Gasteiger partial charge in [0.05, 0.1) is 5.69 Å². The van der Waals surface area contributed by atoms with Crippen molar-refractivity contribution in [3.8, 4) is 5.75 Å². The summed E-state index contributed by atoms with van der Waals surface area (Å²) in [6.45, 7) is 5.53. The van der Waals surface area contributed by atoms with Gasteiger partial charge in [0.25, 0.3) is 0 Å². The van der Waals surface area contributed by atoms with Crippen molar-refractivity contribution in [1.29, 1.82) is 0 Å². The van der Waals surface area contributed by atoms with Gasteiger partial charge < -0.3 is 4.74 Å². The molecule has 1 aliphatic heterocycles. The first-order valence-corrected chi connectivity index (χ1v) is 5.16. The lowest BCUT2D eigenvalue weighted by molar-refractivity contribution is 0.225. The van der Waals surface area contributed by atoms with Crippen molar-refractivity contribution in [2.45, 2.75) is 12.7 Å². The first kappa shape index (κ1) is 9.27. The monoisotopic (exact) mass is 207 g/mol. The fraction of sp³-hybridized carbons (Fsp3) is 0.200. The highest BCUT2D eigenvalue weighted by Gasteiger charge is 2.22. The Kier molecular flexibility index (Phi) is 2.29. The Bertz CT molecular complexity index is 415. The van der Waals surface area contributed by atoms with Crippen molar-refractivity contribution in [3.63, 3.8) is 0 Å². The second-order valence-corrected chi connectivity index (χ2v) is 3.86. The molecule has 0 saturated carbocycles. The average Bonchev–Trinajstić information content (AvgIpc) is 2.19. The third-order valence-corrected chi connectivity index (χ3v) is 2.84. The van der Waals surface area contributed by atoms with Crippen LogP contribution in [0.1, 0.15) is 16.8 Å². The molecule has 0 unspecified atom stereocenters. The van der Waals surface area contributed by atoms with E-state index in [1.165, 1.54) is 0 Å². The molecule has 0 spiro atoms. The number of carbonyl (C=O) groups excluding carboxylic acids is 1. The number of nitrogens with zero attached hydrogens (tertiary/aromatic N) is 1. The highest BCUT2D eigenvalue weighted by atomic mass is 32.2. The molecule has 0 bridgehead atoms. The van der Waals surface area contributed by atoms with Gasteiger partial charge in [-0.2, -0.15) is 0 Å². The fourth-order valence-corrected chi connectivity index (χ4v) is 2.06. The Labute approximate surface area is 86.2 Å². The third-order valence-electron chi connectivity index (χ3n) is 2.09. The second-order valence-electron chi connectivity index (χ2n) is 2.95. The molecule has 0 fully saturated rings. The largest absolute Gasteiger partial charge is 0.416 e. The van der Waals surface area contributed by atoms with E-state index >= 15 is 0 Å². The summed E-state index contributed by atoms with van der Waals surface area (Å²) >= 11 is 1.16. The smallest absolute Gasteiger partial charge is 0.373 e. The van der Waals surface area contributed by atoms with Crippen LogP contribution in [-0.4, -0.2) is 10.3 Å². The Morgan fingerprint density at radius 3 is 3.21 bits per heavy atom. The van der Waals surface area contributed by atoms with E-state index in [0.717, 1.165) is 28.6 Å². The molecule has 2 rings (SSSR count). The van der Waals surface area contributed by atoms with Gasteiger partial charge in [-0.3, -0.25) is 4.98 Å². The van der Waals surface area contributed by atoms with Gasteiger partial charge in [-0.15, -0.1) is 0 Å². The summed E-state index contributed by atoms with van der Waals surface area (Å²) in [5, 5.41) is -0.261. The summed E-state index contributed by atoms with van der Waals surface area (Å²) in [5.74, 6) is 1.24. The number of thioether (sulfide) groups is 1. The molecule has 14 heavy (non-hydrogen) atoms. The molecular weight excluding hydrogens is 198 g/mol. The lowest BCUT2D eigenvalue weighted by Gasteiger charge is -2.17. The zero-order valence-electron chi connectivity index (χ0n) is 7.74. The highest BCUT2D eigenvalue weighted by molar-refractivity contribution is 8.12. The van der Waals surface area contributed by atoms with Crippen LogP contribution in [0.15, 0.2) is 12.8 Å². The van der Waals surface area contributed by atoms with Crippen molar-refractivity contribution in [1.82, 2.24) is 4.98 Å². The predicted octanol–water partition coefficient (Wildman–Crippen LogP) is 2.78. The second kappa shape index (κ2) is 3.46. The molecule has 1 aromatic heterocycles. The van der Waals surface area contributed by atoms with E-state index in [2.05, 4.69) is 11.6 Å². The van der Waals surface area contributed by atoms with Crippen LogP contribution in [0.5, 0.6) is 5.75 Å². The molecule has 4 heteroatoms. The van der Waals surface area contributed by atoms with Crippen molar-refractivity contribution < 1.29 is 9.53 Å². The average molecular weight is 207 g/mol. The molecule has 1 aromatic rings. The zero-order chi connectivity index (χ0) is 10.1. The van der Waals surface area contributed by atoms with Gasteiger partial charge in [-0.25, -0.2) is 4.79 Å².